The molecule has 0 aliphatic rings. The third kappa shape index (κ3) is 4.26. The molecule has 7 aromatic carbocycles. The molecule has 238 valence electrons. The first kappa shape index (κ1) is 27.9. The molecule has 0 atom stereocenters. The van der Waals surface area contributed by atoms with Crippen molar-refractivity contribution in [2.75, 3.05) is 0 Å². The van der Waals surface area contributed by atoms with Crippen molar-refractivity contribution in [2.24, 2.45) is 0 Å². The standard InChI is InChI=1S/C45H26N4O2/c1-2-11-27(12-3-1)43-46-44(28-21-23-33-32-15-6-9-20-39(32)50-41(33)25-28)48-45(47-43)35-17-10-16-34-36-26-29(22-24-40(36)51-42(34)35)49-37-18-7-4-13-30(37)31-14-5-8-19-38(31)49/h1-26H. The summed E-state index contributed by atoms with van der Waals surface area (Å²) in [6, 6.07) is 54.0. The van der Waals surface area contributed by atoms with Gasteiger partial charge in [0.25, 0.3) is 0 Å². The van der Waals surface area contributed by atoms with E-state index in [4.69, 9.17) is 23.8 Å². The maximum atomic E-state index is 6.64. The number of furan rings is 2. The molecule has 0 unspecified atom stereocenters. The fourth-order valence-electron chi connectivity index (χ4n) is 7.51. The highest BCUT2D eigenvalue weighted by atomic mass is 16.3. The lowest BCUT2D eigenvalue weighted by atomic mass is 10.1. The van der Waals surface area contributed by atoms with E-state index >= 15 is 0 Å². The van der Waals surface area contributed by atoms with Crippen LogP contribution in [-0.2, 0) is 0 Å². The summed E-state index contributed by atoms with van der Waals surface area (Å²) in [5.74, 6) is 1.68. The summed E-state index contributed by atoms with van der Waals surface area (Å²) in [6.07, 6.45) is 0. The highest BCUT2D eigenvalue weighted by Crippen LogP contribution is 2.39. The van der Waals surface area contributed by atoms with Crippen molar-refractivity contribution in [3.8, 4) is 39.9 Å². The van der Waals surface area contributed by atoms with E-state index in [0.717, 1.165) is 66.3 Å². The zero-order valence-electron chi connectivity index (χ0n) is 27.1. The van der Waals surface area contributed by atoms with Crippen molar-refractivity contribution in [3.05, 3.63) is 158 Å². The first-order chi connectivity index (χ1) is 25.3. The normalized spacial score (nSPS) is 11.9. The van der Waals surface area contributed by atoms with Gasteiger partial charge >= 0.3 is 0 Å². The number of nitrogens with zero attached hydrogens (tertiary/aromatic N) is 4. The highest BCUT2D eigenvalue weighted by molar-refractivity contribution is 6.12. The first-order valence-electron chi connectivity index (χ1n) is 16.9. The molecule has 0 amide bonds. The largest absolute Gasteiger partial charge is 0.456 e. The minimum Gasteiger partial charge on any atom is -0.456 e. The van der Waals surface area contributed by atoms with Gasteiger partial charge in [-0.15, -0.1) is 0 Å². The molecule has 0 spiro atoms. The van der Waals surface area contributed by atoms with E-state index in [1.807, 2.05) is 66.7 Å². The van der Waals surface area contributed by atoms with Gasteiger partial charge in [-0.3, -0.25) is 0 Å². The van der Waals surface area contributed by atoms with E-state index in [1.165, 1.54) is 21.8 Å². The molecule has 0 N–H and O–H groups in total. The molecular weight excluding hydrogens is 629 g/mol. The number of hydrogen-bond acceptors (Lipinski definition) is 5. The second kappa shape index (κ2) is 10.7. The molecule has 0 bridgehead atoms. The predicted octanol–water partition coefficient (Wildman–Crippen LogP) is 11.8. The monoisotopic (exact) mass is 654 g/mol. The number of para-hydroxylation sites is 4. The van der Waals surface area contributed by atoms with E-state index in [0.29, 0.717) is 17.5 Å². The maximum absolute atomic E-state index is 6.64. The van der Waals surface area contributed by atoms with Crippen LogP contribution >= 0.6 is 0 Å². The van der Waals surface area contributed by atoms with Crippen LogP contribution in [0.4, 0.5) is 0 Å². The second-order valence-electron chi connectivity index (χ2n) is 12.8. The molecule has 0 aliphatic heterocycles. The Morgan fingerprint density at radius 1 is 0.373 bits per heavy atom. The third-order valence-corrected chi connectivity index (χ3v) is 9.86. The van der Waals surface area contributed by atoms with E-state index in [1.54, 1.807) is 0 Å². The number of rotatable bonds is 4. The Labute approximate surface area is 290 Å². The van der Waals surface area contributed by atoms with Gasteiger partial charge < -0.3 is 13.4 Å². The molecule has 0 saturated heterocycles. The van der Waals surface area contributed by atoms with Crippen LogP contribution in [0, 0.1) is 0 Å². The summed E-state index contributed by atoms with van der Waals surface area (Å²) in [5, 5.41) is 6.62. The summed E-state index contributed by atoms with van der Waals surface area (Å²) < 4.78 is 15.2. The minimum absolute atomic E-state index is 0.538. The van der Waals surface area contributed by atoms with Gasteiger partial charge in [0.1, 0.15) is 22.3 Å². The molecule has 0 radical (unpaired) electrons. The van der Waals surface area contributed by atoms with Crippen molar-refractivity contribution in [2.45, 2.75) is 0 Å². The minimum atomic E-state index is 0.538. The van der Waals surface area contributed by atoms with Crippen LogP contribution < -0.4 is 0 Å². The first-order valence-corrected chi connectivity index (χ1v) is 16.9. The fourth-order valence-corrected chi connectivity index (χ4v) is 7.51. The van der Waals surface area contributed by atoms with Gasteiger partial charge in [-0.05, 0) is 54.6 Å². The topological polar surface area (TPSA) is 69.9 Å². The van der Waals surface area contributed by atoms with E-state index < -0.39 is 0 Å². The summed E-state index contributed by atoms with van der Waals surface area (Å²) >= 11 is 0. The Hall–Kier alpha value is -7.05. The SMILES string of the molecule is c1ccc(-c2nc(-c3ccc4c(c3)oc3ccccc34)nc(-c3cccc4c3oc3ccc(-n5c6ccccc6c6ccccc65)cc34)n2)cc1. The Bertz CT molecular complexity index is 3100. The highest BCUT2D eigenvalue weighted by Gasteiger charge is 2.20. The Kier molecular flexibility index (Phi) is 5.86. The average molecular weight is 655 g/mol. The molecule has 0 aliphatic carbocycles. The van der Waals surface area contributed by atoms with Gasteiger partial charge in [-0.1, -0.05) is 103 Å². The van der Waals surface area contributed by atoms with Gasteiger partial charge in [0.2, 0.25) is 0 Å². The summed E-state index contributed by atoms with van der Waals surface area (Å²) in [6.45, 7) is 0. The maximum Gasteiger partial charge on any atom is 0.167 e. The van der Waals surface area contributed by atoms with Crippen LogP contribution in [-0.4, -0.2) is 19.5 Å². The van der Waals surface area contributed by atoms with Gasteiger partial charge in [-0.2, -0.15) is 0 Å². The molecule has 11 aromatic rings. The van der Waals surface area contributed by atoms with E-state index in [9.17, 15) is 0 Å². The van der Waals surface area contributed by atoms with Gasteiger partial charge in [0, 0.05) is 49.1 Å². The van der Waals surface area contributed by atoms with Crippen LogP contribution in [0.5, 0.6) is 0 Å². The molecule has 0 fully saturated rings. The molecule has 6 heteroatoms. The average Bonchev–Trinajstić information content (AvgIpc) is 3.87. The zero-order valence-corrected chi connectivity index (χ0v) is 27.1. The van der Waals surface area contributed by atoms with Crippen molar-refractivity contribution in [1.82, 2.24) is 19.5 Å². The quantitative estimate of drug-likeness (QED) is 0.189. The summed E-state index contributed by atoms with van der Waals surface area (Å²) in [4.78, 5) is 15.1. The predicted molar refractivity (Wildman–Crippen MR) is 205 cm³/mol. The lowest BCUT2D eigenvalue weighted by Crippen LogP contribution is -2.00. The molecule has 4 heterocycles. The molecule has 6 nitrogen and oxygen atoms in total. The van der Waals surface area contributed by atoms with E-state index in [-0.39, 0.29) is 0 Å². The molecular formula is C45H26N4O2. The molecule has 4 aromatic heterocycles. The summed E-state index contributed by atoms with van der Waals surface area (Å²) in [5.41, 5.74) is 9.12. The zero-order chi connectivity index (χ0) is 33.5. The molecule has 0 saturated carbocycles. The van der Waals surface area contributed by atoms with Crippen LogP contribution in [0.15, 0.2) is 167 Å². The smallest absolute Gasteiger partial charge is 0.167 e. The lowest BCUT2D eigenvalue weighted by molar-refractivity contribution is 0.668. The Morgan fingerprint density at radius 3 is 1.80 bits per heavy atom. The van der Waals surface area contributed by atoms with Crippen molar-refractivity contribution in [1.29, 1.82) is 0 Å². The number of aromatic nitrogens is 4. The molecule has 51 heavy (non-hydrogen) atoms. The Balaban J connectivity index is 1.11. The van der Waals surface area contributed by atoms with Crippen molar-refractivity contribution < 1.29 is 8.83 Å². The second-order valence-corrected chi connectivity index (χ2v) is 12.8. The van der Waals surface area contributed by atoms with Crippen molar-refractivity contribution >= 4 is 65.7 Å². The van der Waals surface area contributed by atoms with Gasteiger partial charge in [-0.25, -0.2) is 15.0 Å². The Morgan fingerprint density at radius 2 is 1.00 bits per heavy atom. The van der Waals surface area contributed by atoms with Crippen LogP contribution in [0.3, 0.4) is 0 Å². The number of benzene rings is 7. The lowest BCUT2D eigenvalue weighted by Gasteiger charge is -2.09. The van der Waals surface area contributed by atoms with E-state index in [2.05, 4.69) is 95.6 Å². The van der Waals surface area contributed by atoms with Crippen LogP contribution in [0.25, 0.3) is 106 Å². The fraction of sp³-hybridized carbons (Fsp3) is 0. The summed E-state index contributed by atoms with van der Waals surface area (Å²) in [7, 11) is 0. The number of fused-ring (bicyclic) bond motifs is 9. The van der Waals surface area contributed by atoms with Gasteiger partial charge in [0.05, 0.1) is 16.6 Å². The van der Waals surface area contributed by atoms with Crippen LogP contribution in [0.1, 0.15) is 0 Å². The van der Waals surface area contributed by atoms with Crippen LogP contribution in [0.2, 0.25) is 0 Å². The molecule has 11 rings (SSSR count). The van der Waals surface area contributed by atoms with Gasteiger partial charge in [0.15, 0.2) is 17.5 Å². The van der Waals surface area contributed by atoms with Crippen molar-refractivity contribution in [3.63, 3.8) is 0 Å². The third-order valence-electron chi connectivity index (χ3n) is 9.86. The number of hydrogen-bond donors (Lipinski definition) is 0.